The zero-order valence-electron chi connectivity index (χ0n) is 13.7. The van der Waals surface area contributed by atoms with E-state index < -0.39 is 0 Å². The molecule has 3 aromatic rings. The highest BCUT2D eigenvalue weighted by Gasteiger charge is 2.16. The number of nitrogens with zero attached hydrogens (tertiary/aromatic N) is 2. The van der Waals surface area contributed by atoms with Crippen LogP contribution < -0.4 is 10.1 Å². The highest BCUT2D eigenvalue weighted by molar-refractivity contribution is 5.48. The average molecular weight is 341 g/mol. The quantitative estimate of drug-likeness (QED) is 0.704. The molecule has 2 aromatic heterocycles. The molecule has 0 spiro atoms. The van der Waals surface area contributed by atoms with Gasteiger partial charge < -0.3 is 23.7 Å². The lowest BCUT2D eigenvalue weighted by Crippen LogP contribution is -2.16. The first kappa shape index (κ1) is 15.7. The second-order valence-electron chi connectivity index (χ2n) is 5.82. The lowest BCUT2D eigenvalue weighted by Gasteiger charge is -2.12. The van der Waals surface area contributed by atoms with Crippen LogP contribution in [0.1, 0.15) is 18.7 Å². The molecule has 4 rings (SSSR count). The predicted octanol–water partition coefficient (Wildman–Crippen LogP) is 3.50. The molecule has 0 unspecified atom stereocenters. The van der Waals surface area contributed by atoms with Crippen LogP contribution in [0.15, 0.2) is 51.6 Å². The van der Waals surface area contributed by atoms with Gasteiger partial charge in [0, 0.05) is 18.4 Å². The minimum atomic E-state index is 0.204. The maximum absolute atomic E-state index is 5.81. The number of aromatic nitrogens is 2. The third kappa shape index (κ3) is 4.00. The fourth-order valence-corrected chi connectivity index (χ4v) is 2.67. The largest absolute Gasteiger partial charge is 0.491 e. The number of nitrogens with one attached hydrogen (secondary N) is 1. The maximum atomic E-state index is 5.81. The summed E-state index contributed by atoms with van der Waals surface area (Å²) in [5.41, 5.74) is 0.919. The van der Waals surface area contributed by atoms with Crippen LogP contribution in [0.5, 0.6) is 5.75 Å². The normalized spacial score (nSPS) is 16.9. The molecule has 0 amide bonds. The van der Waals surface area contributed by atoms with Crippen molar-refractivity contribution < 1.29 is 18.4 Å². The van der Waals surface area contributed by atoms with Gasteiger partial charge in [-0.1, -0.05) is 11.2 Å². The second kappa shape index (κ2) is 7.40. The molecule has 1 atom stereocenters. The summed E-state index contributed by atoms with van der Waals surface area (Å²) >= 11 is 0. The summed E-state index contributed by atoms with van der Waals surface area (Å²) in [6, 6.07) is 11.3. The Balaban J connectivity index is 1.32. The summed E-state index contributed by atoms with van der Waals surface area (Å²) in [6.07, 6.45) is 3.95. The Kier molecular flexibility index (Phi) is 4.65. The zero-order chi connectivity index (χ0) is 16.9. The SMILES string of the molecule is c1cc(NCc2nc(-c3ccco3)no2)cc(OC[C@H]2CCCO2)c1. The molecule has 0 radical (unpaired) electrons. The van der Waals surface area contributed by atoms with Crippen molar-refractivity contribution in [1.82, 2.24) is 10.1 Å². The van der Waals surface area contributed by atoms with Crippen LogP contribution in [-0.2, 0) is 11.3 Å². The van der Waals surface area contributed by atoms with Gasteiger partial charge in [0.25, 0.3) is 0 Å². The van der Waals surface area contributed by atoms with E-state index in [2.05, 4.69) is 15.5 Å². The van der Waals surface area contributed by atoms with E-state index in [0.717, 1.165) is 30.9 Å². The monoisotopic (exact) mass is 341 g/mol. The molecule has 0 saturated carbocycles. The first-order valence-corrected chi connectivity index (χ1v) is 8.31. The van der Waals surface area contributed by atoms with E-state index in [4.69, 9.17) is 18.4 Å². The van der Waals surface area contributed by atoms with Crippen molar-refractivity contribution in [1.29, 1.82) is 0 Å². The molecule has 1 N–H and O–H groups in total. The van der Waals surface area contributed by atoms with Gasteiger partial charge in [-0.25, -0.2) is 0 Å². The number of furan rings is 1. The van der Waals surface area contributed by atoms with Gasteiger partial charge in [0.05, 0.1) is 18.9 Å². The molecule has 1 saturated heterocycles. The molecule has 0 aliphatic carbocycles. The van der Waals surface area contributed by atoms with Gasteiger partial charge >= 0.3 is 0 Å². The van der Waals surface area contributed by atoms with Crippen molar-refractivity contribution in [2.24, 2.45) is 0 Å². The number of anilines is 1. The number of hydrogen-bond acceptors (Lipinski definition) is 7. The molecular weight excluding hydrogens is 322 g/mol. The molecule has 0 bridgehead atoms. The highest BCUT2D eigenvalue weighted by Crippen LogP contribution is 2.21. The number of rotatable bonds is 7. The third-order valence-corrected chi connectivity index (χ3v) is 3.95. The Morgan fingerprint density at radius 2 is 2.24 bits per heavy atom. The molecule has 7 heteroatoms. The van der Waals surface area contributed by atoms with Gasteiger partial charge in [-0.3, -0.25) is 0 Å². The average Bonchev–Trinajstić information content (AvgIpc) is 3.41. The zero-order valence-corrected chi connectivity index (χ0v) is 13.7. The summed E-state index contributed by atoms with van der Waals surface area (Å²) in [6.45, 7) is 1.84. The van der Waals surface area contributed by atoms with Crippen molar-refractivity contribution >= 4 is 5.69 Å². The Labute approximate surface area is 144 Å². The molecule has 7 nitrogen and oxygen atoms in total. The molecule has 25 heavy (non-hydrogen) atoms. The van der Waals surface area contributed by atoms with Gasteiger partial charge in [-0.15, -0.1) is 0 Å². The van der Waals surface area contributed by atoms with Crippen molar-refractivity contribution in [2.75, 3.05) is 18.5 Å². The molecule has 1 aromatic carbocycles. The Bertz CT molecular complexity index is 794. The summed E-state index contributed by atoms with van der Waals surface area (Å²) in [4.78, 5) is 4.30. The van der Waals surface area contributed by atoms with Gasteiger partial charge in [0.2, 0.25) is 11.7 Å². The minimum Gasteiger partial charge on any atom is -0.491 e. The Morgan fingerprint density at radius 1 is 1.24 bits per heavy atom. The van der Waals surface area contributed by atoms with Crippen LogP contribution in [0.3, 0.4) is 0 Å². The molecule has 3 heterocycles. The van der Waals surface area contributed by atoms with E-state index in [1.165, 1.54) is 0 Å². The van der Waals surface area contributed by atoms with Crippen LogP contribution in [0.2, 0.25) is 0 Å². The molecule has 130 valence electrons. The predicted molar refractivity (Wildman–Crippen MR) is 90.2 cm³/mol. The van der Waals surface area contributed by atoms with E-state index in [1.54, 1.807) is 18.4 Å². The van der Waals surface area contributed by atoms with Crippen molar-refractivity contribution in [2.45, 2.75) is 25.5 Å². The lowest BCUT2D eigenvalue weighted by molar-refractivity contribution is 0.0680. The van der Waals surface area contributed by atoms with Gasteiger partial charge in [-0.05, 0) is 37.1 Å². The number of ether oxygens (including phenoxy) is 2. The summed E-state index contributed by atoms with van der Waals surface area (Å²) in [7, 11) is 0. The van der Waals surface area contributed by atoms with Gasteiger partial charge in [0.15, 0.2) is 5.76 Å². The third-order valence-electron chi connectivity index (χ3n) is 3.95. The highest BCUT2D eigenvalue weighted by atomic mass is 16.5. The lowest BCUT2D eigenvalue weighted by atomic mass is 10.2. The smallest absolute Gasteiger partial charge is 0.246 e. The van der Waals surface area contributed by atoms with E-state index in [0.29, 0.717) is 30.6 Å². The minimum absolute atomic E-state index is 0.204. The van der Waals surface area contributed by atoms with E-state index in [-0.39, 0.29) is 6.10 Å². The standard InChI is InChI=1S/C18H19N3O4/c1-4-13(10-14(5-1)24-12-15-6-2-8-22-15)19-11-17-20-18(21-25-17)16-7-3-9-23-16/h1,3-5,7,9-10,15,19H,2,6,8,11-12H2/t15-/m1/s1. The molecular formula is C18H19N3O4. The van der Waals surface area contributed by atoms with Crippen LogP contribution in [-0.4, -0.2) is 29.5 Å². The fourth-order valence-electron chi connectivity index (χ4n) is 2.67. The Morgan fingerprint density at radius 3 is 3.08 bits per heavy atom. The van der Waals surface area contributed by atoms with E-state index in [1.807, 2.05) is 24.3 Å². The maximum Gasteiger partial charge on any atom is 0.246 e. The summed E-state index contributed by atoms with van der Waals surface area (Å²) in [5.74, 6) is 2.31. The molecule has 1 aliphatic heterocycles. The molecule has 1 fully saturated rings. The fraction of sp³-hybridized carbons (Fsp3) is 0.333. The van der Waals surface area contributed by atoms with Crippen molar-refractivity contribution in [3.63, 3.8) is 0 Å². The van der Waals surface area contributed by atoms with E-state index >= 15 is 0 Å². The second-order valence-corrected chi connectivity index (χ2v) is 5.82. The van der Waals surface area contributed by atoms with E-state index in [9.17, 15) is 0 Å². The number of benzene rings is 1. The van der Waals surface area contributed by atoms with Crippen LogP contribution in [0.25, 0.3) is 11.6 Å². The summed E-state index contributed by atoms with van der Waals surface area (Å²) < 4.78 is 21.8. The van der Waals surface area contributed by atoms with Crippen LogP contribution in [0, 0.1) is 0 Å². The van der Waals surface area contributed by atoms with Crippen LogP contribution >= 0.6 is 0 Å². The molecule has 1 aliphatic rings. The summed E-state index contributed by atoms with van der Waals surface area (Å²) in [5, 5.41) is 7.15. The first-order valence-electron chi connectivity index (χ1n) is 8.31. The number of hydrogen-bond donors (Lipinski definition) is 1. The van der Waals surface area contributed by atoms with Gasteiger partial charge in [0.1, 0.15) is 12.4 Å². The van der Waals surface area contributed by atoms with Gasteiger partial charge in [-0.2, -0.15) is 4.98 Å². The van der Waals surface area contributed by atoms with Crippen molar-refractivity contribution in [3.05, 3.63) is 48.6 Å². The Hall–Kier alpha value is -2.80. The topological polar surface area (TPSA) is 82.6 Å². The van der Waals surface area contributed by atoms with Crippen molar-refractivity contribution in [3.8, 4) is 17.3 Å². The van der Waals surface area contributed by atoms with Crippen LogP contribution in [0.4, 0.5) is 5.69 Å². The first-order chi connectivity index (χ1) is 12.4.